The number of nitrogens with zero attached hydrogens (tertiary/aromatic N) is 2. The molecule has 1 saturated heterocycles. The fraction of sp³-hybridized carbons (Fsp3) is 0.265. The van der Waals surface area contributed by atoms with Crippen molar-refractivity contribution in [2.75, 3.05) is 4.90 Å². The Morgan fingerprint density at radius 2 is 1.60 bits per heavy atom. The van der Waals surface area contributed by atoms with Crippen LogP contribution in [0.2, 0.25) is 5.02 Å². The second-order valence-corrected chi connectivity index (χ2v) is 11.9. The zero-order valence-corrected chi connectivity index (χ0v) is 23.6. The van der Waals surface area contributed by atoms with Crippen molar-refractivity contribution in [1.29, 1.82) is 0 Å². The van der Waals surface area contributed by atoms with Gasteiger partial charge in [0.1, 0.15) is 0 Å². The highest BCUT2D eigenvalue weighted by molar-refractivity contribution is 6.31. The molecule has 2 amide bonds. The van der Waals surface area contributed by atoms with Crippen LogP contribution in [0.1, 0.15) is 46.9 Å². The smallest absolute Gasteiger partial charge is 0.339 e. The molecule has 8 heteroatoms. The van der Waals surface area contributed by atoms with Crippen LogP contribution in [0.15, 0.2) is 78.9 Å². The molecule has 2 heterocycles. The van der Waals surface area contributed by atoms with Gasteiger partial charge in [0.2, 0.25) is 17.6 Å². The van der Waals surface area contributed by atoms with Crippen LogP contribution >= 0.6 is 11.6 Å². The third-order valence-electron chi connectivity index (χ3n) is 9.05. The minimum absolute atomic E-state index is 0.0831. The first-order chi connectivity index (χ1) is 20.3. The van der Waals surface area contributed by atoms with Crippen molar-refractivity contribution in [2.24, 2.45) is 23.7 Å². The molecule has 3 aromatic carbocycles. The molecule has 2 bridgehead atoms. The Hall–Kier alpha value is -4.36. The van der Waals surface area contributed by atoms with Crippen LogP contribution in [0.25, 0.3) is 22.2 Å². The third kappa shape index (κ3) is 4.31. The number of rotatable bonds is 6. The minimum Gasteiger partial charge on any atom is -0.451 e. The predicted octanol–water partition coefficient (Wildman–Crippen LogP) is 6.52. The summed E-state index contributed by atoms with van der Waals surface area (Å²) in [5, 5.41) is 1.02. The summed E-state index contributed by atoms with van der Waals surface area (Å²) >= 11 is 6.03. The van der Waals surface area contributed by atoms with E-state index in [1.54, 1.807) is 66.7 Å². The van der Waals surface area contributed by atoms with E-state index in [4.69, 9.17) is 21.3 Å². The van der Waals surface area contributed by atoms with Crippen molar-refractivity contribution >= 4 is 51.8 Å². The number of halogens is 1. The lowest BCUT2D eigenvalue weighted by Crippen LogP contribution is -2.32. The average molecular weight is 579 g/mol. The molecule has 2 aliphatic carbocycles. The number of benzene rings is 3. The standard InChI is InChI=1S/C34H27ClN2O5/c1-18(31(38)22-5-4-6-23(35)16-22)42-34(41)26-17-28(36-27-8-3-2-7-25(26)27)19-11-13-24(14-12-19)37-32(39)29-20-9-10-21(15-20)30(29)33(37)40/h2-8,11-14,16-18,20-21,29-30H,9-10,15H2,1H3/t18-,20+,21+,29-,30+/m1/s1. The molecule has 1 aromatic heterocycles. The Bertz CT molecular complexity index is 1760. The Morgan fingerprint density at radius 3 is 2.29 bits per heavy atom. The zero-order chi connectivity index (χ0) is 29.1. The number of aromatic nitrogens is 1. The van der Waals surface area contributed by atoms with Crippen molar-refractivity contribution in [3.8, 4) is 11.3 Å². The predicted molar refractivity (Wildman–Crippen MR) is 158 cm³/mol. The number of hydrogen-bond donors (Lipinski definition) is 0. The van der Waals surface area contributed by atoms with Crippen LogP contribution in [-0.4, -0.2) is 34.7 Å². The number of esters is 1. The van der Waals surface area contributed by atoms with Crippen molar-refractivity contribution in [2.45, 2.75) is 32.3 Å². The quantitative estimate of drug-likeness (QED) is 0.147. The Balaban J connectivity index is 1.16. The van der Waals surface area contributed by atoms with E-state index in [1.165, 1.54) is 17.9 Å². The number of fused-ring (bicyclic) bond motifs is 6. The van der Waals surface area contributed by atoms with Gasteiger partial charge in [0, 0.05) is 21.5 Å². The summed E-state index contributed by atoms with van der Waals surface area (Å²) in [6, 6.07) is 22.5. The van der Waals surface area contributed by atoms with E-state index in [1.807, 2.05) is 6.07 Å². The summed E-state index contributed by atoms with van der Waals surface area (Å²) in [6.45, 7) is 1.53. The van der Waals surface area contributed by atoms with E-state index in [0.29, 0.717) is 50.3 Å². The molecule has 210 valence electrons. The summed E-state index contributed by atoms with van der Waals surface area (Å²) in [6.07, 6.45) is 2.02. The molecule has 7 nitrogen and oxygen atoms in total. The lowest BCUT2D eigenvalue weighted by molar-refractivity contribution is -0.123. The first kappa shape index (κ1) is 26.5. The normalized spacial score (nSPS) is 23.3. The van der Waals surface area contributed by atoms with E-state index in [0.717, 1.165) is 19.3 Å². The van der Waals surface area contributed by atoms with Gasteiger partial charge in [-0.1, -0.05) is 54.1 Å². The fourth-order valence-corrected chi connectivity index (χ4v) is 7.28. The lowest BCUT2D eigenvalue weighted by Gasteiger charge is -2.19. The monoisotopic (exact) mass is 578 g/mol. The fourth-order valence-electron chi connectivity index (χ4n) is 7.09. The number of pyridine rings is 1. The number of carbonyl (C=O) groups is 4. The van der Waals surface area contributed by atoms with E-state index in [-0.39, 0.29) is 35.0 Å². The molecule has 4 aromatic rings. The van der Waals surface area contributed by atoms with Crippen LogP contribution in [-0.2, 0) is 14.3 Å². The number of amides is 2. The zero-order valence-electron chi connectivity index (χ0n) is 22.8. The number of carbonyl (C=O) groups excluding carboxylic acids is 4. The molecule has 2 saturated carbocycles. The lowest BCUT2D eigenvalue weighted by atomic mass is 9.81. The number of anilines is 1. The molecular formula is C34H27ClN2O5. The molecule has 7 rings (SSSR count). The Morgan fingerprint density at radius 1 is 0.905 bits per heavy atom. The topological polar surface area (TPSA) is 93.6 Å². The third-order valence-corrected chi connectivity index (χ3v) is 9.28. The number of imide groups is 1. The van der Waals surface area contributed by atoms with Gasteiger partial charge in [-0.15, -0.1) is 0 Å². The number of ether oxygens (including phenoxy) is 1. The highest BCUT2D eigenvalue weighted by Gasteiger charge is 2.61. The van der Waals surface area contributed by atoms with Crippen molar-refractivity contribution in [3.63, 3.8) is 0 Å². The molecule has 3 aliphatic rings. The van der Waals surface area contributed by atoms with Crippen molar-refractivity contribution in [3.05, 3.63) is 95.0 Å². The summed E-state index contributed by atoms with van der Waals surface area (Å²) in [5.41, 5.74) is 3.01. The van der Waals surface area contributed by atoms with E-state index < -0.39 is 12.1 Å². The highest BCUT2D eigenvalue weighted by atomic mass is 35.5. The van der Waals surface area contributed by atoms with Crippen LogP contribution in [0.5, 0.6) is 0 Å². The van der Waals surface area contributed by atoms with E-state index in [2.05, 4.69) is 0 Å². The molecule has 0 N–H and O–H groups in total. The van der Waals surface area contributed by atoms with Gasteiger partial charge in [0.05, 0.1) is 34.3 Å². The van der Waals surface area contributed by atoms with Gasteiger partial charge in [0.25, 0.3) is 0 Å². The number of ketones is 1. The van der Waals surface area contributed by atoms with Gasteiger partial charge < -0.3 is 4.74 Å². The first-order valence-electron chi connectivity index (χ1n) is 14.2. The molecule has 1 aliphatic heterocycles. The van der Waals surface area contributed by atoms with Crippen molar-refractivity contribution in [1.82, 2.24) is 4.98 Å². The second kappa shape index (κ2) is 10.2. The van der Waals surface area contributed by atoms with Gasteiger partial charge in [-0.3, -0.25) is 19.3 Å². The van der Waals surface area contributed by atoms with Gasteiger partial charge in [-0.25, -0.2) is 9.78 Å². The molecule has 0 radical (unpaired) electrons. The summed E-state index contributed by atoms with van der Waals surface area (Å²) < 4.78 is 5.62. The first-order valence-corrected chi connectivity index (χ1v) is 14.6. The van der Waals surface area contributed by atoms with Crippen molar-refractivity contribution < 1.29 is 23.9 Å². The van der Waals surface area contributed by atoms with Crippen LogP contribution in [0.4, 0.5) is 5.69 Å². The number of hydrogen-bond acceptors (Lipinski definition) is 6. The van der Waals surface area contributed by atoms with Gasteiger partial charge in [-0.05, 0) is 74.4 Å². The maximum absolute atomic E-state index is 13.4. The second-order valence-electron chi connectivity index (χ2n) is 11.4. The highest BCUT2D eigenvalue weighted by Crippen LogP contribution is 2.56. The molecule has 3 fully saturated rings. The maximum Gasteiger partial charge on any atom is 0.339 e. The molecule has 0 unspecified atom stereocenters. The van der Waals surface area contributed by atoms with E-state index in [9.17, 15) is 19.2 Å². The summed E-state index contributed by atoms with van der Waals surface area (Å²) in [7, 11) is 0. The summed E-state index contributed by atoms with van der Waals surface area (Å²) in [5.74, 6) is -0.888. The van der Waals surface area contributed by atoms with E-state index >= 15 is 0 Å². The molecule has 0 spiro atoms. The summed E-state index contributed by atoms with van der Waals surface area (Å²) in [4.78, 5) is 58.9. The van der Waals surface area contributed by atoms with Gasteiger partial charge in [-0.2, -0.15) is 0 Å². The molecule has 5 atom stereocenters. The molecule has 42 heavy (non-hydrogen) atoms. The maximum atomic E-state index is 13.4. The van der Waals surface area contributed by atoms with Gasteiger partial charge >= 0.3 is 5.97 Å². The molecular weight excluding hydrogens is 552 g/mol. The largest absolute Gasteiger partial charge is 0.451 e. The van der Waals surface area contributed by atoms with Crippen LogP contribution < -0.4 is 4.90 Å². The number of Topliss-reactive ketones (excluding diaryl/α,β-unsaturated/α-hetero) is 1. The van der Waals surface area contributed by atoms with Gasteiger partial charge in [0.15, 0.2) is 6.10 Å². The minimum atomic E-state index is -1.03. The Labute approximate surface area is 247 Å². The van der Waals surface area contributed by atoms with Crippen LogP contribution in [0, 0.1) is 23.7 Å². The average Bonchev–Trinajstić information content (AvgIpc) is 3.69. The SMILES string of the molecule is C[C@@H](OC(=O)c1cc(-c2ccc(N3C(=O)[C@@H]4[C@H]5CC[C@@H](C5)[C@@H]4C3=O)cc2)nc2ccccc12)C(=O)c1cccc(Cl)c1. The Kier molecular flexibility index (Phi) is 6.43. The van der Waals surface area contributed by atoms with Crippen LogP contribution in [0.3, 0.4) is 0 Å². The number of para-hydroxylation sites is 1.